The lowest BCUT2D eigenvalue weighted by Crippen LogP contribution is -2.19. The van der Waals surface area contributed by atoms with Gasteiger partial charge in [0.1, 0.15) is 11.5 Å². The van der Waals surface area contributed by atoms with E-state index in [-0.39, 0.29) is 22.8 Å². The van der Waals surface area contributed by atoms with Crippen LogP contribution in [0.2, 0.25) is 0 Å². The van der Waals surface area contributed by atoms with Crippen LogP contribution in [-0.4, -0.2) is 26.5 Å². The van der Waals surface area contributed by atoms with Crippen LogP contribution >= 0.6 is 0 Å². The van der Waals surface area contributed by atoms with Gasteiger partial charge in [0.15, 0.2) is 5.84 Å². The normalized spacial score (nSPS) is 11.4. The minimum absolute atomic E-state index is 0.0804. The Balaban J connectivity index is 2.32. The highest BCUT2D eigenvalue weighted by Gasteiger charge is 2.14. The Hall–Kier alpha value is -2.90. The van der Waals surface area contributed by atoms with Crippen molar-refractivity contribution in [3.05, 3.63) is 47.8 Å². The largest absolute Gasteiger partial charge is 0.409 e. The summed E-state index contributed by atoms with van der Waals surface area (Å²) in [5, 5.41) is 14.0. The fraction of sp³-hybridized carbons (Fsp3) is 0.0833. The number of nitrogens with one attached hydrogen (secondary N) is 1. The zero-order valence-corrected chi connectivity index (χ0v) is 10.5. The molecule has 1 aromatic heterocycles. The molecular weight excluding hydrogens is 265 g/mol. The maximum Gasteiger partial charge on any atom is 0.275 e. The number of carbonyl (C=O) groups excluding carboxylic acids is 1. The molecule has 0 aliphatic carbocycles. The van der Waals surface area contributed by atoms with Gasteiger partial charge in [0.25, 0.3) is 5.91 Å². The number of amides is 1. The van der Waals surface area contributed by atoms with Crippen LogP contribution in [0, 0.1) is 5.82 Å². The molecule has 0 unspecified atom stereocenters. The molecule has 8 heteroatoms. The van der Waals surface area contributed by atoms with E-state index in [9.17, 15) is 9.18 Å². The Morgan fingerprint density at radius 1 is 1.55 bits per heavy atom. The number of hydrogen-bond acceptors (Lipinski definition) is 4. The summed E-state index contributed by atoms with van der Waals surface area (Å²) >= 11 is 0. The summed E-state index contributed by atoms with van der Waals surface area (Å²) in [6.07, 6.45) is 3.01. The molecule has 0 spiro atoms. The maximum atomic E-state index is 13.2. The van der Waals surface area contributed by atoms with Crippen LogP contribution in [0.1, 0.15) is 16.1 Å². The number of anilines is 1. The van der Waals surface area contributed by atoms with Gasteiger partial charge in [-0.1, -0.05) is 5.16 Å². The minimum atomic E-state index is -0.567. The molecule has 0 aliphatic rings. The number of aryl methyl sites for hydroxylation is 1. The van der Waals surface area contributed by atoms with E-state index in [4.69, 9.17) is 10.9 Å². The van der Waals surface area contributed by atoms with Crippen molar-refractivity contribution in [3.63, 3.8) is 0 Å². The van der Waals surface area contributed by atoms with Crippen LogP contribution in [0.5, 0.6) is 0 Å². The third-order valence-corrected chi connectivity index (χ3v) is 2.55. The van der Waals surface area contributed by atoms with Gasteiger partial charge in [0.05, 0.1) is 12.0 Å². The van der Waals surface area contributed by atoms with Gasteiger partial charge in [-0.2, -0.15) is 0 Å². The molecular formula is C12H12FN5O2. The zero-order valence-electron chi connectivity index (χ0n) is 10.5. The molecule has 1 amide bonds. The number of benzene rings is 1. The summed E-state index contributed by atoms with van der Waals surface area (Å²) in [6, 6.07) is 3.54. The number of nitrogens with zero attached hydrogens (tertiary/aromatic N) is 3. The lowest BCUT2D eigenvalue weighted by molar-refractivity contribution is 0.102. The van der Waals surface area contributed by atoms with Crippen LogP contribution in [0.3, 0.4) is 0 Å². The third-order valence-electron chi connectivity index (χ3n) is 2.55. The molecule has 0 saturated carbocycles. The van der Waals surface area contributed by atoms with Gasteiger partial charge in [0, 0.05) is 18.8 Å². The molecule has 104 valence electrons. The minimum Gasteiger partial charge on any atom is -0.409 e. The molecule has 0 bridgehead atoms. The average molecular weight is 277 g/mol. The van der Waals surface area contributed by atoms with Gasteiger partial charge in [-0.25, -0.2) is 9.37 Å². The highest BCUT2D eigenvalue weighted by molar-refractivity contribution is 6.09. The molecule has 0 saturated heterocycles. The number of oxime groups is 1. The molecule has 0 fully saturated rings. The molecule has 1 heterocycles. The van der Waals surface area contributed by atoms with Gasteiger partial charge in [-0.05, 0) is 18.2 Å². The third kappa shape index (κ3) is 2.74. The van der Waals surface area contributed by atoms with Crippen molar-refractivity contribution in [2.45, 2.75) is 0 Å². The Kier molecular flexibility index (Phi) is 3.65. The summed E-state index contributed by atoms with van der Waals surface area (Å²) in [5.41, 5.74) is 5.94. The van der Waals surface area contributed by atoms with Crippen LogP contribution in [0.4, 0.5) is 10.1 Å². The van der Waals surface area contributed by atoms with Crippen molar-refractivity contribution < 1.29 is 14.4 Å². The summed E-state index contributed by atoms with van der Waals surface area (Å²) < 4.78 is 14.8. The monoisotopic (exact) mass is 277 g/mol. The SMILES string of the molecule is Cn1cnc(C(=O)Nc2ccc(F)cc2/C(N)=N/O)c1. The fourth-order valence-electron chi connectivity index (χ4n) is 1.61. The van der Waals surface area contributed by atoms with Gasteiger partial charge < -0.3 is 20.8 Å². The Labute approximate surface area is 113 Å². The molecule has 4 N–H and O–H groups in total. The fourth-order valence-corrected chi connectivity index (χ4v) is 1.61. The van der Waals surface area contributed by atoms with Crippen molar-refractivity contribution >= 4 is 17.4 Å². The summed E-state index contributed by atoms with van der Waals surface area (Å²) in [6.45, 7) is 0. The second-order valence-electron chi connectivity index (χ2n) is 4.05. The molecule has 0 radical (unpaired) electrons. The number of halogens is 1. The standard InChI is InChI=1S/C12H12FN5O2/c1-18-5-10(15-6-18)12(19)16-9-3-2-7(13)4-8(9)11(14)17-20/h2-6,20H,1H3,(H2,14,17)(H,16,19). The molecule has 1 aromatic carbocycles. The van der Waals surface area contributed by atoms with Crippen molar-refractivity contribution in [1.29, 1.82) is 0 Å². The highest BCUT2D eigenvalue weighted by atomic mass is 19.1. The summed E-state index contributed by atoms with van der Waals surface area (Å²) in [4.78, 5) is 15.8. The predicted octanol–water partition coefficient (Wildman–Crippen LogP) is 0.906. The van der Waals surface area contributed by atoms with E-state index >= 15 is 0 Å². The lowest BCUT2D eigenvalue weighted by atomic mass is 10.1. The van der Waals surface area contributed by atoms with E-state index in [2.05, 4.69) is 15.5 Å². The van der Waals surface area contributed by atoms with Crippen LogP contribution < -0.4 is 11.1 Å². The Morgan fingerprint density at radius 3 is 2.90 bits per heavy atom. The first-order chi connectivity index (χ1) is 9.51. The highest BCUT2D eigenvalue weighted by Crippen LogP contribution is 2.17. The van der Waals surface area contributed by atoms with E-state index in [1.54, 1.807) is 11.6 Å². The van der Waals surface area contributed by atoms with E-state index in [0.29, 0.717) is 0 Å². The van der Waals surface area contributed by atoms with Crippen molar-refractivity contribution in [1.82, 2.24) is 9.55 Å². The molecule has 7 nitrogen and oxygen atoms in total. The van der Waals surface area contributed by atoms with E-state index in [0.717, 1.165) is 12.1 Å². The summed E-state index contributed by atoms with van der Waals surface area (Å²) in [7, 11) is 1.73. The van der Waals surface area contributed by atoms with Crippen LogP contribution in [0.25, 0.3) is 0 Å². The number of aromatic nitrogens is 2. The molecule has 0 aliphatic heterocycles. The van der Waals surface area contributed by atoms with Crippen molar-refractivity contribution in [2.75, 3.05) is 5.32 Å². The topological polar surface area (TPSA) is 106 Å². The first kappa shape index (κ1) is 13.5. The first-order valence-corrected chi connectivity index (χ1v) is 5.58. The zero-order chi connectivity index (χ0) is 14.7. The van der Waals surface area contributed by atoms with Gasteiger partial charge in [-0.3, -0.25) is 4.79 Å². The molecule has 2 rings (SSSR count). The second-order valence-corrected chi connectivity index (χ2v) is 4.05. The van der Waals surface area contributed by atoms with E-state index in [1.807, 2.05) is 0 Å². The quantitative estimate of drug-likeness (QED) is 0.335. The van der Waals surface area contributed by atoms with Crippen molar-refractivity contribution in [2.24, 2.45) is 17.9 Å². The summed E-state index contributed by atoms with van der Waals surface area (Å²) in [5.74, 6) is -1.35. The number of imidazole rings is 1. The molecule has 0 atom stereocenters. The van der Waals surface area contributed by atoms with Gasteiger partial charge in [-0.15, -0.1) is 0 Å². The number of amidine groups is 1. The number of nitrogens with two attached hydrogens (primary N) is 1. The first-order valence-electron chi connectivity index (χ1n) is 5.58. The number of carbonyl (C=O) groups is 1. The average Bonchev–Trinajstić information content (AvgIpc) is 2.86. The van der Waals surface area contributed by atoms with E-state index in [1.165, 1.54) is 18.6 Å². The smallest absolute Gasteiger partial charge is 0.275 e. The second kappa shape index (κ2) is 5.39. The van der Waals surface area contributed by atoms with Gasteiger partial charge in [0.2, 0.25) is 0 Å². The number of hydrogen-bond donors (Lipinski definition) is 3. The molecule has 2 aromatic rings. The maximum absolute atomic E-state index is 13.2. The predicted molar refractivity (Wildman–Crippen MR) is 70.1 cm³/mol. The lowest BCUT2D eigenvalue weighted by Gasteiger charge is -2.09. The van der Waals surface area contributed by atoms with Crippen molar-refractivity contribution in [3.8, 4) is 0 Å². The number of rotatable bonds is 3. The van der Waals surface area contributed by atoms with Crippen LogP contribution in [-0.2, 0) is 7.05 Å². The van der Waals surface area contributed by atoms with E-state index < -0.39 is 11.7 Å². The molecule has 20 heavy (non-hydrogen) atoms. The Morgan fingerprint density at radius 2 is 2.30 bits per heavy atom. The Bertz CT molecular complexity index is 680. The van der Waals surface area contributed by atoms with Gasteiger partial charge >= 0.3 is 0 Å². The van der Waals surface area contributed by atoms with Crippen LogP contribution in [0.15, 0.2) is 35.9 Å².